The molecule has 1 aliphatic heterocycles. The number of thioether (sulfide) groups is 1. The molecular formula is C11H11NO4S. The van der Waals surface area contributed by atoms with E-state index in [-0.39, 0.29) is 16.7 Å². The molecular weight excluding hydrogens is 242 g/mol. The van der Waals surface area contributed by atoms with Gasteiger partial charge >= 0.3 is 0 Å². The third-order valence-electron chi connectivity index (χ3n) is 2.46. The van der Waals surface area contributed by atoms with Crippen LogP contribution in [0.5, 0.6) is 0 Å². The van der Waals surface area contributed by atoms with Gasteiger partial charge in [-0.2, -0.15) is 0 Å². The Balaban J connectivity index is 2.30. The number of nitrogens with zero attached hydrogens (tertiary/aromatic N) is 1. The van der Waals surface area contributed by atoms with Gasteiger partial charge in [-0.15, -0.1) is 11.8 Å². The van der Waals surface area contributed by atoms with Gasteiger partial charge in [-0.25, -0.2) is 0 Å². The van der Waals surface area contributed by atoms with Crippen molar-refractivity contribution < 1.29 is 14.5 Å². The summed E-state index contributed by atoms with van der Waals surface area (Å²) in [6, 6.07) is 4.60. The number of nitro groups is 1. The van der Waals surface area contributed by atoms with Gasteiger partial charge in [-0.05, 0) is 19.1 Å². The van der Waals surface area contributed by atoms with Crippen molar-refractivity contribution in [2.45, 2.75) is 17.1 Å². The largest absolute Gasteiger partial charge is 0.379 e. The minimum atomic E-state index is -0.450. The van der Waals surface area contributed by atoms with Crippen LogP contribution in [0.1, 0.15) is 17.3 Å². The molecule has 1 aromatic carbocycles. The van der Waals surface area contributed by atoms with E-state index in [9.17, 15) is 14.9 Å². The van der Waals surface area contributed by atoms with Crippen molar-refractivity contribution in [1.82, 2.24) is 0 Å². The zero-order valence-corrected chi connectivity index (χ0v) is 10.0. The van der Waals surface area contributed by atoms with Crippen LogP contribution in [0, 0.1) is 10.1 Å². The molecule has 1 fully saturated rings. The Morgan fingerprint density at radius 2 is 2.24 bits per heavy atom. The van der Waals surface area contributed by atoms with E-state index in [4.69, 9.17) is 4.74 Å². The fraction of sp³-hybridized carbons (Fsp3) is 0.364. The number of Topliss-reactive ketones (excluding diaryl/α,β-unsaturated/α-hetero) is 1. The minimum Gasteiger partial charge on any atom is -0.379 e. The van der Waals surface area contributed by atoms with Gasteiger partial charge in [0, 0.05) is 11.6 Å². The highest BCUT2D eigenvalue weighted by atomic mass is 32.2. The highest BCUT2D eigenvalue weighted by Crippen LogP contribution is 2.35. The maximum absolute atomic E-state index is 11.2. The van der Waals surface area contributed by atoms with E-state index >= 15 is 0 Å². The van der Waals surface area contributed by atoms with E-state index in [1.54, 1.807) is 12.1 Å². The first kappa shape index (κ1) is 12.1. The molecule has 0 atom stereocenters. The molecule has 1 aromatic rings. The lowest BCUT2D eigenvalue weighted by molar-refractivity contribution is -0.387. The molecule has 6 heteroatoms. The second-order valence-corrected chi connectivity index (χ2v) is 5.12. The first-order chi connectivity index (χ1) is 8.08. The predicted octanol–water partition coefficient (Wildman–Crippen LogP) is 2.29. The van der Waals surface area contributed by atoms with Gasteiger partial charge in [0.1, 0.15) is 0 Å². The van der Waals surface area contributed by atoms with E-state index in [1.807, 2.05) is 0 Å². The van der Waals surface area contributed by atoms with Crippen LogP contribution in [0.4, 0.5) is 5.69 Å². The summed E-state index contributed by atoms with van der Waals surface area (Å²) in [5.41, 5.74) is 0.362. The van der Waals surface area contributed by atoms with Gasteiger partial charge in [0.2, 0.25) is 0 Å². The van der Waals surface area contributed by atoms with Crippen LogP contribution >= 0.6 is 11.8 Å². The smallest absolute Gasteiger partial charge is 0.283 e. The second kappa shape index (κ2) is 4.85. The molecule has 90 valence electrons. The van der Waals surface area contributed by atoms with Crippen molar-refractivity contribution in [3.05, 3.63) is 33.9 Å². The van der Waals surface area contributed by atoms with Crippen LogP contribution in [0.25, 0.3) is 0 Å². The highest BCUT2D eigenvalue weighted by molar-refractivity contribution is 8.00. The zero-order chi connectivity index (χ0) is 12.4. The summed E-state index contributed by atoms with van der Waals surface area (Å²) in [6.45, 7) is 2.64. The van der Waals surface area contributed by atoms with E-state index in [0.29, 0.717) is 23.7 Å². The molecule has 17 heavy (non-hydrogen) atoms. The lowest BCUT2D eigenvalue weighted by atomic mass is 10.1. The molecule has 5 nitrogen and oxygen atoms in total. The standard InChI is InChI=1S/C11H11NO4S/c1-7(13)8-2-3-11(10(4-8)12(14)15)17-9-5-16-6-9/h2-4,9H,5-6H2,1H3. The molecule has 0 unspecified atom stereocenters. The number of ether oxygens (including phenoxy) is 1. The van der Waals surface area contributed by atoms with E-state index < -0.39 is 4.92 Å². The van der Waals surface area contributed by atoms with Crippen LogP contribution in [-0.4, -0.2) is 29.2 Å². The van der Waals surface area contributed by atoms with Gasteiger partial charge in [0.25, 0.3) is 5.69 Å². The molecule has 1 aliphatic rings. The molecule has 0 N–H and O–H groups in total. The molecule has 2 rings (SSSR count). The average molecular weight is 253 g/mol. The van der Waals surface area contributed by atoms with Gasteiger partial charge in [-0.3, -0.25) is 14.9 Å². The van der Waals surface area contributed by atoms with Crippen molar-refractivity contribution in [2.24, 2.45) is 0 Å². The average Bonchev–Trinajstić information content (AvgIpc) is 2.23. The minimum absolute atomic E-state index is 0.00500. The lowest BCUT2D eigenvalue weighted by Crippen LogP contribution is -2.30. The maximum atomic E-state index is 11.2. The molecule has 0 amide bonds. The third kappa shape index (κ3) is 2.65. The molecule has 0 aromatic heterocycles. The van der Waals surface area contributed by atoms with Crippen LogP contribution in [-0.2, 0) is 4.74 Å². The summed E-state index contributed by atoms with van der Waals surface area (Å²) in [7, 11) is 0. The number of benzene rings is 1. The lowest BCUT2D eigenvalue weighted by Gasteiger charge is -2.24. The molecule has 0 bridgehead atoms. The Labute approximate surface area is 102 Å². The van der Waals surface area contributed by atoms with Gasteiger partial charge < -0.3 is 4.74 Å². The molecule has 0 spiro atoms. The predicted molar refractivity (Wildman–Crippen MR) is 63.6 cm³/mol. The number of carbonyl (C=O) groups excluding carboxylic acids is 1. The van der Waals surface area contributed by atoms with E-state index in [0.717, 1.165) is 0 Å². The maximum Gasteiger partial charge on any atom is 0.283 e. The van der Waals surface area contributed by atoms with E-state index in [1.165, 1.54) is 24.8 Å². The monoisotopic (exact) mass is 253 g/mol. The van der Waals surface area contributed by atoms with E-state index in [2.05, 4.69) is 0 Å². The first-order valence-corrected chi connectivity index (χ1v) is 5.99. The Morgan fingerprint density at radius 1 is 1.53 bits per heavy atom. The van der Waals surface area contributed by atoms with Crippen LogP contribution in [0.2, 0.25) is 0 Å². The number of carbonyl (C=O) groups is 1. The Hall–Kier alpha value is -1.40. The fourth-order valence-corrected chi connectivity index (χ4v) is 2.53. The molecule has 0 aliphatic carbocycles. The van der Waals surface area contributed by atoms with Crippen LogP contribution in [0.15, 0.2) is 23.1 Å². The molecule has 1 saturated heterocycles. The quantitative estimate of drug-likeness (QED) is 0.468. The second-order valence-electron chi connectivity index (χ2n) is 3.77. The Morgan fingerprint density at radius 3 is 2.71 bits per heavy atom. The highest BCUT2D eigenvalue weighted by Gasteiger charge is 2.24. The number of rotatable bonds is 4. The summed E-state index contributed by atoms with van der Waals surface area (Å²) in [5, 5.41) is 11.2. The molecule has 0 radical (unpaired) electrons. The number of hydrogen-bond acceptors (Lipinski definition) is 5. The first-order valence-electron chi connectivity index (χ1n) is 5.11. The van der Waals surface area contributed by atoms with Gasteiger partial charge in [-0.1, -0.05) is 0 Å². The summed E-state index contributed by atoms with van der Waals surface area (Å²) in [5.74, 6) is -0.170. The summed E-state index contributed by atoms with van der Waals surface area (Å²) in [4.78, 5) is 22.2. The van der Waals surface area contributed by atoms with Crippen molar-refractivity contribution in [3.63, 3.8) is 0 Å². The van der Waals surface area contributed by atoms with Crippen molar-refractivity contribution in [1.29, 1.82) is 0 Å². The zero-order valence-electron chi connectivity index (χ0n) is 9.21. The third-order valence-corrected chi connectivity index (χ3v) is 3.67. The van der Waals surface area contributed by atoms with Crippen LogP contribution in [0.3, 0.4) is 0 Å². The topological polar surface area (TPSA) is 69.4 Å². The van der Waals surface area contributed by atoms with Gasteiger partial charge in [0.15, 0.2) is 5.78 Å². The molecule has 0 saturated carbocycles. The molecule has 1 heterocycles. The van der Waals surface area contributed by atoms with Crippen LogP contribution < -0.4 is 0 Å². The number of hydrogen-bond donors (Lipinski definition) is 0. The summed E-state index contributed by atoms with van der Waals surface area (Å²) in [6.07, 6.45) is 0. The SMILES string of the molecule is CC(=O)c1ccc(SC2COC2)c([N+](=O)[O-])c1. The summed E-state index contributed by atoms with van der Waals surface area (Å²) >= 11 is 1.43. The normalized spacial score (nSPS) is 15.4. The van der Waals surface area contributed by atoms with Crippen molar-refractivity contribution in [2.75, 3.05) is 13.2 Å². The Kier molecular flexibility index (Phi) is 3.44. The number of ketones is 1. The Bertz CT molecular complexity index is 471. The van der Waals surface area contributed by atoms with Gasteiger partial charge in [0.05, 0.1) is 28.3 Å². The number of nitro benzene ring substituents is 1. The summed E-state index contributed by atoms with van der Waals surface area (Å²) < 4.78 is 5.02. The van der Waals surface area contributed by atoms with Crippen molar-refractivity contribution >= 4 is 23.2 Å². The fourth-order valence-electron chi connectivity index (χ4n) is 1.44. The van der Waals surface area contributed by atoms with Crippen molar-refractivity contribution in [3.8, 4) is 0 Å².